The number of hydrogen-bond acceptors (Lipinski definition) is 4. The van der Waals surface area contributed by atoms with Gasteiger partial charge >= 0.3 is 0 Å². The fourth-order valence-electron chi connectivity index (χ4n) is 2.94. The maximum Gasteiger partial charge on any atom is 0.246 e. The first-order chi connectivity index (χ1) is 10.3. The van der Waals surface area contributed by atoms with E-state index in [2.05, 4.69) is 11.0 Å². The molecule has 0 saturated carbocycles. The number of thiophene rings is 1. The van der Waals surface area contributed by atoms with E-state index < -0.39 is 0 Å². The smallest absolute Gasteiger partial charge is 0.246 e. The summed E-state index contributed by atoms with van der Waals surface area (Å²) in [6.45, 7) is 4.58. The standard InChI is InChI=1S/C16H19N3OS/c17-11-14-10-13-5-9-19(12-15(13)21-14)16(20)4-3-8-18-6-1-2-7-18/h3-4,10H,1-2,5-9,12H2/b4-3+. The molecule has 0 spiro atoms. The molecule has 3 heterocycles. The van der Waals surface area contributed by atoms with Crippen LogP contribution in [0.4, 0.5) is 0 Å². The second-order valence-corrected chi connectivity index (χ2v) is 6.73. The van der Waals surface area contributed by atoms with Crippen LogP contribution in [0.2, 0.25) is 0 Å². The molecule has 0 N–H and O–H groups in total. The minimum atomic E-state index is 0.0896. The Morgan fingerprint density at radius 3 is 2.95 bits per heavy atom. The van der Waals surface area contributed by atoms with Crippen molar-refractivity contribution < 1.29 is 4.79 Å². The van der Waals surface area contributed by atoms with Crippen molar-refractivity contribution in [1.82, 2.24) is 9.80 Å². The number of carbonyl (C=O) groups excluding carboxylic acids is 1. The number of hydrogen-bond donors (Lipinski definition) is 0. The monoisotopic (exact) mass is 301 g/mol. The fraction of sp³-hybridized carbons (Fsp3) is 0.500. The van der Waals surface area contributed by atoms with Gasteiger partial charge in [0, 0.05) is 24.0 Å². The molecule has 2 aliphatic heterocycles. The van der Waals surface area contributed by atoms with E-state index in [-0.39, 0.29) is 5.91 Å². The highest BCUT2D eigenvalue weighted by molar-refractivity contribution is 7.12. The highest BCUT2D eigenvalue weighted by Gasteiger charge is 2.21. The summed E-state index contributed by atoms with van der Waals surface area (Å²) in [6.07, 6.45) is 7.10. The topological polar surface area (TPSA) is 47.3 Å². The second-order valence-electron chi connectivity index (χ2n) is 5.59. The Morgan fingerprint density at radius 2 is 2.19 bits per heavy atom. The third-order valence-electron chi connectivity index (χ3n) is 4.13. The largest absolute Gasteiger partial charge is 0.334 e. The van der Waals surface area contributed by atoms with Gasteiger partial charge in [-0.15, -0.1) is 11.3 Å². The third-order valence-corrected chi connectivity index (χ3v) is 5.19. The van der Waals surface area contributed by atoms with Gasteiger partial charge < -0.3 is 4.90 Å². The van der Waals surface area contributed by atoms with E-state index in [1.54, 1.807) is 6.08 Å². The Labute approximate surface area is 129 Å². The van der Waals surface area contributed by atoms with Crippen molar-refractivity contribution in [3.63, 3.8) is 0 Å². The quantitative estimate of drug-likeness (QED) is 0.804. The van der Waals surface area contributed by atoms with Gasteiger partial charge in [0.2, 0.25) is 5.91 Å². The van der Waals surface area contributed by atoms with E-state index in [1.165, 1.54) is 34.6 Å². The molecule has 1 saturated heterocycles. The lowest BCUT2D eigenvalue weighted by atomic mass is 10.1. The van der Waals surface area contributed by atoms with E-state index in [9.17, 15) is 4.79 Å². The van der Waals surface area contributed by atoms with E-state index in [0.717, 1.165) is 37.5 Å². The molecule has 1 fully saturated rings. The molecule has 0 aliphatic carbocycles. The van der Waals surface area contributed by atoms with Crippen LogP contribution >= 0.6 is 11.3 Å². The van der Waals surface area contributed by atoms with E-state index in [1.807, 2.05) is 17.0 Å². The Bertz CT molecular complexity index is 593. The summed E-state index contributed by atoms with van der Waals surface area (Å²) in [4.78, 5) is 18.4. The van der Waals surface area contributed by atoms with Gasteiger partial charge in [-0.2, -0.15) is 5.26 Å². The predicted octanol–water partition coefficient (Wildman–Crippen LogP) is 2.16. The van der Waals surface area contributed by atoms with Gasteiger partial charge in [-0.25, -0.2) is 0 Å². The van der Waals surface area contributed by atoms with Crippen LogP contribution in [0, 0.1) is 11.3 Å². The van der Waals surface area contributed by atoms with Gasteiger partial charge in [0.15, 0.2) is 0 Å². The molecule has 0 unspecified atom stereocenters. The van der Waals surface area contributed by atoms with Crippen molar-refractivity contribution in [2.24, 2.45) is 0 Å². The third kappa shape index (κ3) is 3.34. The molecule has 0 atom stereocenters. The molecule has 1 amide bonds. The maximum atomic E-state index is 12.2. The van der Waals surface area contributed by atoms with Crippen LogP contribution in [0.15, 0.2) is 18.2 Å². The van der Waals surface area contributed by atoms with E-state index in [0.29, 0.717) is 6.54 Å². The summed E-state index contributed by atoms with van der Waals surface area (Å²) in [5.41, 5.74) is 1.24. The van der Waals surface area contributed by atoms with Crippen molar-refractivity contribution in [3.05, 3.63) is 33.5 Å². The maximum absolute atomic E-state index is 12.2. The molecule has 1 aromatic rings. The fourth-order valence-corrected chi connectivity index (χ4v) is 3.96. The molecular formula is C16H19N3OS. The lowest BCUT2D eigenvalue weighted by Crippen LogP contribution is -2.34. The Hall–Kier alpha value is -1.64. The number of amides is 1. The zero-order valence-electron chi connectivity index (χ0n) is 12.0. The highest BCUT2D eigenvalue weighted by Crippen LogP contribution is 2.27. The van der Waals surface area contributed by atoms with Crippen LogP contribution in [-0.4, -0.2) is 41.9 Å². The summed E-state index contributed by atoms with van der Waals surface area (Å²) in [5.74, 6) is 0.0896. The first-order valence-corrected chi connectivity index (χ1v) is 8.27. The number of carbonyl (C=O) groups is 1. The van der Waals surface area contributed by atoms with Crippen LogP contribution in [-0.2, 0) is 17.8 Å². The zero-order valence-corrected chi connectivity index (χ0v) is 12.9. The van der Waals surface area contributed by atoms with Gasteiger partial charge in [-0.3, -0.25) is 9.69 Å². The summed E-state index contributed by atoms with van der Waals surface area (Å²) < 4.78 is 0. The van der Waals surface area contributed by atoms with Crippen molar-refractivity contribution >= 4 is 17.2 Å². The minimum Gasteiger partial charge on any atom is -0.334 e. The van der Waals surface area contributed by atoms with Gasteiger partial charge in [0.05, 0.1) is 6.54 Å². The summed E-state index contributed by atoms with van der Waals surface area (Å²) in [6, 6.07) is 4.15. The minimum absolute atomic E-state index is 0.0896. The molecule has 110 valence electrons. The van der Waals surface area contributed by atoms with Crippen molar-refractivity contribution in [2.75, 3.05) is 26.2 Å². The number of nitrogens with zero attached hydrogens (tertiary/aromatic N) is 3. The van der Waals surface area contributed by atoms with Crippen molar-refractivity contribution in [1.29, 1.82) is 5.26 Å². The number of fused-ring (bicyclic) bond motifs is 1. The first kappa shape index (κ1) is 14.3. The molecule has 4 nitrogen and oxygen atoms in total. The average molecular weight is 301 g/mol. The number of nitriles is 1. The Morgan fingerprint density at radius 1 is 1.38 bits per heavy atom. The zero-order chi connectivity index (χ0) is 14.7. The number of rotatable bonds is 3. The molecule has 2 aliphatic rings. The lowest BCUT2D eigenvalue weighted by molar-refractivity contribution is -0.126. The predicted molar refractivity (Wildman–Crippen MR) is 83.0 cm³/mol. The van der Waals surface area contributed by atoms with Crippen LogP contribution in [0.5, 0.6) is 0 Å². The number of likely N-dealkylation sites (tertiary alicyclic amines) is 1. The average Bonchev–Trinajstić information content (AvgIpc) is 3.14. The SMILES string of the molecule is N#Cc1cc2c(s1)CN(C(=O)/C=C/CN1CCCC1)CC2. The van der Waals surface area contributed by atoms with Crippen LogP contribution in [0.3, 0.4) is 0 Å². The molecule has 21 heavy (non-hydrogen) atoms. The van der Waals surface area contributed by atoms with Gasteiger partial charge in [0.25, 0.3) is 0 Å². The lowest BCUT2D eigenvalue weighted by Gasteiger charge is -2.25. The van der Waals surface area contributed by atoms with Gasteiger partial charge in [-0.05, 0) is 44.0 Å². The summed E-state index contributed by atoms with van der Waals surface area (Å²) >= 11 is 1.51. The Kier molecular flexibility index (Phi) is 4.37. The molecule has 0 radical (unpaired) electrons. The molecular weight excluding hydrogens is 282 g/mol. The molecule has 0 aromatic carbocycles. The first-order valence-electron chi connectivity index (χ1n) is 7.46. The molecule has 5 heteroatoms. The van der Waals surface area contributed by atoms with Crippen LogP contribution < -0.4 is 0 Å². The molecule has 1 aromatic heterocycles. The van der Waals surface area contributed by atoms with Crippen molar-refractivity contribution in [2.45, 2.75) is 25.8 Å². The highest BCUT2D eigenvalue weighted by atomic mass is 32.1. The van der Waals surface area contributed by atoms with Gasteiger partial charge in [0.1, 0.15) is 10.9 Å². The van der Waals surface area contributed by atoms with Gasteiger partial charge in [-0.1, -0.05) is 6.08 Å². The molecule has 3 rings (SSSR count). The normalized spacial score (nSPS) is 18.9. The van der Waals surface area contributed by atoms with Crippen LogP contribution in [0.25, 0.3) is 0 Å². The Balaban J connectivity index is 1.56. The second kappa shape index (κ2) is 6.42. The molecule has 0 bridgehead atoms. The van der Waals surface area contributed by atoms with E-state index >= 15 is 0 Å². The summed E-state index contributed by atoms with van der Waals surface area (Å²) in [5, 5.41) is 8.95. The van der Waals surface area contributed by atoms with E-state index in [4.69, 9.17) is 5.26 Å². The van der Waals surface area contributed by atoms with Crippen LogP contribution in [0.1, 0.15) is 28.2 Å². The van der Waals surface area contributed by atoms with Crippen molar-refractivity contribution in [3.8, 4) is 6.07 Å². The summed E-state index contributed by atoms with van der Waals surface area (Å²) in [7, 11) is 0.